The van der Waals surface area contributed by atoms with Crippen LogP contribution in [0.15, 0.2) is 52.3 Å². The monoisotopic (exact) mass is 463 g/mol. The van der Waals surface area contributed by atoms with Gasteiger partial charge < -0.3 is 5.32 Å². The zero-order chi connectivity index (χ0) is 19.4. The maximum Gasteiger partial charge on any atom is 0.328 e. The summed E-state index contributed by atoms with van der Waals surface area (Å²) in [4.78, 5) is 19.2. The van der Waals surface area contributed by atoms with Crippen molar-refractivity contribution in [2.24, 2.45) is 0 Å². The summed E-state index contributed by atoms with van der Waals surface area (Å²) in [5.74, 6) is 0. The number of rotatable bonds is 5. The predicted octanol–water partition coefficient (Wildman–Crippen LogP) is 6.98. The van der Waals surface area contributed by atoms with Gasteiger partial charge in [-0.3, -0.25) is 4.90 Å². The third-order valence-electron chi connectivity index (χ3n) is 3.96. The number of benzene rings is 2. The van der Waals surface area contributed by atoms with E-state index in [0.717, 1.165) is 27.7 Å². The minimum Gasteiger partial charge on any atom is -0.307 e. The molecule has 0 aliphatic rings. The quantitative estimate of drug-likeness (QED) is 0.442. The fourth-order valence-corrected chi connectivity index (χ4v) is 3.98. The maximum atomic E-state index is 12.8. The number of amides is 2. The van der Waals surface area contributed by atoms with Gasteiger partial charge in [-0.1, -0.05) is 52.7 Å². The average Bonchev–Trinajstić information content (AvgIpc) is 3.12. The Labute approximate surface area is 176 Å². The van der Waals surface area contributed by atoms with Crippen LogP contribution in [-0.2, 0) is 0 Å². The highest BCUT2D eigenvalue weighted by molar-refractivity contribution is 9.10. The number of thiazole rings is 1. The molecule has 0 saturated carbocycles. The molecule has 1 N–H and O–H groups in total. The fourth-order valence-electron chi connectivity index (χ4n) is 2.54. The summed E-state index contributed by atoms with van der Waals surface area (Å²) >= 11 is 11.1. The number of urea groups is 1. The molecule has 0 aliphatic heterocycles. The van der Waals surface area contributed by atoms with E-state index in [1.165, 1.54) is 11.3 Å². The number of aromatic nitrogens is 1. The number of halogens is 2. The predicted molar refractivity (Wildman–Crippen MR) is 118 cm³/mol. The number of aryl methyl sites for hydroxylation is 1. The van der Waals surface area contributed by atoms with Crippen LogP contribution in [-0.4, -0.2) is 17.6 Å². The van der Waals surface area contributed by atoms with E-state index in [1.54, 1.807) is 11.0 Å². The Morgan fingerprint density at radius 1 is 1.30 bits per heavy atom. The van der Waals surface area contributed by atoms with Crippen LogP contribution in [0.2, 0.25) is 5.02 Å². The summed E-state index contributed by atoms with van der Waals surface area (Å²) < 4.78 is 0.994. The molecule has 140 valence electrons. The Hall–Kier alpha value is -1.89. The van der Waals surface area contributed by atoms with Crippen molar-refractivity contribution in [1.82, 2.24) is 4.98 Å². The van der Waals surface area contributed by atoms with E-state index in [9.17, 15) is 4.79 Å². The van der Waals surface area contributed by atoms with Crippen LogP contribution < -0.4 is 10.2 Å². The minimum absolute atomic E-state index is 0.216. The largest absolute Gasteiger partial charge is 0.328 e. The van der Waals surface area contributed by atoms with Gasteiger partial charge in [-0.25, -0.2) is 9.78 Å². The number of hydrogen-bond acceptors (Lipinski definition) is 3. The molecule has 0 aliphatic carbocycles. The lowest BCUT2D eigenvalue weighted by Gasteiger charge is -2.20. The fraction of sp³-hybridized carbons (Fsp3) is 0.200. The zero-order valence-corrected chi connectivity index (χ0v) is 18.2. The Balaban J connectivity index is 1.82. The molecule has 1 aromatic heterocycles. The summed E-state index contributed by atoms with van der Waals surface area (Å²) in [6.07, 6.45) is 0.827. The molecular weight excluding hydrogens is 446 g/mol. The van der Waals surface area contributed by atoms with Crippen molar-refractivity contribution in [3.63, 3.8) is 0 Å². The van der Waals surface area contributed by atoms with Gasteiger partial charge in [-0.2, -0.15) is 0 Å². The number of hydrogen-bond donors (Lipinski definition) is 1. The number of anilines is 2. The smallest absolute Gasteiger partial charge is 0.307 e. The second kappa shape index (κ2) is 8.87. The Kier molecular flexibility index (Phi) is 6.52. The second-order valence-corrected chi connectivity index (χ2v) is 8.23. The molecule has 0 saturated heterocycles. The van der Waals surface area contributed by atoms with E-state index in [-0.39, 0.29) is 6.03 Å². The number of carbonyl (C=O) groups excluding carboxylic acids is 1. The molecule has 0 atom stereocenters. The Bertz CT molecular complexity index is 960. The van der Waals surface area contributed by atoms with E-state index in [0.29, 0.717) is 22.4 Å². The van der Waals surface area contributed by atoms with E-state index >= 15 is 0 Å². The van der Waals surface area contributed by atoms with Crippen molar-refractivity contribution in [2.45, 2.75) is 20.3 Å². The zero-order valence-electron chi connectivity index (χ0n) is 15.0. The molecule has 0 fully saturated rings. The summed E-state index contributed by atoms with van der Waals surface area (Å²) in [5.41, 5.74) is 3.50. The van der Waals surface area contributed by atoms with Gasteiger partial charge in [0.2, 0.25) is 0 Å². The highest BCUT2D eigenvalue weighted by Crippen LogP contribution is 2.30. The van der Waals surface area contributed by atoms with Gasteiger partial charge in [0.25, 0.3) is 0 Å². The van der Waals surface area contributed by atoms with Crippen LogP contribution in [0.25, 0.3) is 11.3 Å². The third kappa shape index (κ3) is 4.89. The van der Waals surface area contributed by atoms with Crippen molar-refractivity contribution < 1.29 is 4.79 Å². The van der Waals surface area contributed by atoms with Gasteiger partial charge in [0, 0.05) is 32.7 Å². The highest BCUT2D eigenvalue weighted by atomic mass is 79.9. The van der Waals surface area contributed by atoms with E-state index in [1.807, 2.05) is 55.6 Å². The van der Waals surface area contributed by atoms with Crippen LogP contribution in [0.4, 0.5) is 15.6 Å². The van der Waals surface area contributed by atoms with Gasteiger partial charge in [-0.15, -0.1) is 11.3 Å². The number of nitrogens with one attached hydrogen (secondary N) is 1. The first-order chi connectivity index (χ1) is 13.0. The first kappa shape index (κ1) is 19.9. The van der Waals surface area contributed by atoms with Crippen LogP contribution in [0.5, 0.6) is 0 Å². The molecule has 1 heterocycles. The maximum absolute atomic E-state index is 12.8. The molecule has 3 rings (SSSR count). The molecule has 2 amide bonds. The van der Waals surface area contributed by atoms with Crippen molar-refractivity contribution in [3.8, 4) is 11.3 Å². The Morgan fingerprint density at radius 2 is 2.11 bits per heavy atom. The van der Waals surface area contributed by atoms with E-state index < -0.39 is 0 Å². The van der Waals surface area contributed by atoms with Crippen molar-refractivity contribution >= 4 is 55.7 Å². The standard InChI is InChI=1S/C20H19BrClN3OS/c1-3-9-25(19(26)23-16-8-7-13(2)17(22)11-16)20-24-18(12-27-20)14-5-4-6-15(21)10-14/h4-8,10-12H,3,9H2,1-2H3,(H,23,26). The molecule has 7 heteroatoms. The van der Waals surface area contributed by atoms with Crippen LogP contribution in [0.3, 0.4) is 0 Å². The summed E-state index contributed by atoms with van der Waals surface area (Å²) in [6.45, 7) is 4.54. The van der Waals surface area contributed by atoms with Crippen molar-refractivity contribution in [3.05, 3.63) is 62.9 Å². The lowest BCUT2D eigenvalue weighted by molar-refractivity contribution is 0.257. The topological polar surface area (TPSA) is 45.2 Å². The lowest BCUT2D eigenvalue weighted by Crippen LogP contribution is -2.35. The molecular formula is C20H19BrClN3OS. The van der Waals surface area contributed by atoms with Gasteiger partial charge in [-0.05, 0) is 43.2 Å². The van der Waals surface area contributed by atoms with E-state index in [2.05, 4.69) is 26.2 Å². The molecule has 2 aromatic carbocycles. The van der Waals surface area contributed by atoms with E-state index in [4.69, 9.17) is 11.6 Å². The molecule has 4 nitrogen and oxygen atoms in total. The molecule has 0 bridgehead atoms. The van der Waals surface area contributed by atoms with Gasteiger partial charge in [0.1, 0.15) is 0 Å². The lowest BCUT2D eigenvalue weighted by atomic mass is 10.2. The van der Waals surface area contributed by atoms with Crippen LogP contribution >= 0.6 is 38.9 Å². The average molecular weight is 465 g/mol. The summed E-state index contributed by atoms with van der Waals surface area (Å²) in [5, 5.41) is 6.18. The highest BCUT2D eigenvalue weighted by Gasteiger charge is 2.19. The molecule has 0 unspecified atom stereocenters. The SMILES string of the molecule is CCCN(C(=O)Nc1ccc(C)c(Cl)c1)c1nc(-c2cccc(Br)c2)cs1. The van der Waals surface area contributed by atoms with Gasteiger partial charge in [0.15, 0.2) is 5.13 Å². The first-order valence-electron chi connectivity index (χ1n) is 8.54. The minimum atomic E-state index is -0.216. The summed E-state index contributed by atoms with van der Waals surface area (Å²) in [6, 6.07) is 13.2. The van der Waals surface area contributed by atoms with Crippen molar-refractivity contribution in [2.75, 3.05) is 16.8 Å². The Morgan fingerprint density at radius 3 is 2.81 bits per heavy atom. The summed E-state index contributed by atoms with van der Waals surface area (Å²) in [7, 11) is 0. The van der Waals surface area contributed by atoms with Crippen LogP contribution in [0.1, 0.15) is 18.9 Å². The number of carbonyl (C=O) groups is 1. The third-order valence-corrected chi connectivity index (χ3v) is 5.72. The molecule has 3 aromatic rings. The van der Waals surface area contributed by atoms with Crippen molar-refractivity contribution in [1.29, 1.82) is 0 Å². The normalized spacial score (nSPS) is 10.7. The van der Waals surface area contributed by atoms with Crippen LogP contribution in [0, 0.1) is 6.92 Å². The molecule has 27 heavy (non-hydrogen) atoms. The first-order valence-corrected chi connectivity index (χ1v) is 10.6. The van der Waals surface area contributed by atoms with Gasteiger partial charge >= 0.3 is 6.03 Å². The molecule has 0 radical (unpaired) electrons. The number of nitrogens with zero attached hydrogens (tertiary/aromatic N) is 2. The van der Waals surface area contributed by atoms with Gasteiger partial charge in [0.05, 0.1) is 5.69 Å². The molecule has 0 spiro atoms. The second-order valence-electron chi connectivity index (χ2n) is 6.07.